The van der Waals surface area contributed by atoms with Crippen molar-refractivity contribution >= 4 is 29.9 Å². The van der Waals surface area contributed by atoms with E-state index in [1.807, 2.05) is 6.07 Å². The summed E-state index contributed by atoms with van der Waals surface area (Å²) in [5.41, 5.74) is 1.65. The summed E-state index contributed by atoms with van der Waals surface area (Å²) >= 11 is 0. The van der Waals surface area contributed by atoms with Crippen molar-refractivity contribution in [2.45, 2.75) is 32.3 Å². The van der Waals surface area contributed by atoms with Gasteiger partial charge in [-0.15, -0.1) is 24.0 Å². The highest BCUT2D eigenvalue weighted by Crippen LogP contribution is 2.38. The Labute approximate surface area is 167 Å². The van der Waals surface area contributed by atoms with E-state index < -0.39 is 0 Å². The van der Waals surface area contributed by atoms with Crippen molar-refractivity contribution in [1.29, 1.82) is 0 Å². The van der Waals surface area contributed by atoms with Gasteiger partial charge in [-0.1, -0.05) is 18.2 Å². The lowest BCUT2D eigenvalue weighted by Crippen LogP contribution is -2.42. The van der Waals surface area contributed by atoms with Crippen LogP contribution >= 0.6 is 24.0 Å². The first-order chi connectivity index (χ1) is 11.8. The average molecular weight is 457 g/mol. The van der Waals surface area contributed by atoms with Gasteiger partial charge in [-0.2, -0.15) is 0 Å². The number of ether oxygens (including phenoxy) is 2. The second kappa shape index (κ2) is 8.12. The Morgan fingerprint density at radius 1 is 1.36 bits per heavy atom. The van der Waals surface area contributed by atoms with Gasteiger partial charge in [0.05, 0.1) is 13.2 Å². The van der Waals surface area contributed by atoms with Gasteiger partial charge in [-0.3, -0.25) is 0 Å². The van der Waals surface area contributed by atoms with Gasteiger partial charge in [0.15, 0.2) is 5.96 Å². The molecule has 1 N–H and O–H groups in total. The maximum Gasteiger partial charge on any atom is 0.194 e. The summed E-state index contributed by atoms with van der Waals surface area (Å²) in [4.78, 5) is 7.28. The van der Waals surface area contributed by atoms with Crippen molar-refractivity contribution in [1.82, 2.24) is 10.2 Å². The number of benzene rings is 1. The summed E-state index contributed by atoms with van der Waals surface area (Å²) in [6.07, 6.45) is 3.51. The molecule has 1 aromatic rings. The standard InChI is InChI=1S/C19H27N3O2.HI/c1-2-20-18(22-9-7-19(13-22)8-10-23-14-19)21-12-16-11-15-5-3-4-6-17(15)24-16;/h3-6,16H,2,7-14H2,1H3,(H,20,21);1H. The Balaban J connectivity index is 0.00000182. The molecule has 2 fully saturated rings. The molecule has 0 aliphatic carbocycles. The molecule has 6 heteroatoms. The van der Waals surface area contributed by atoms with Gasteiger partial charge in [0.2, 0.25) is 0 Å². The number of hydrogen-bond donors (Lipinski definition) is 1. The number of halogens is 1. The molecule has 3 heterocycles. The van der Waals surface area contributed by atoms with Gasteiger partial charge in [0.1, 0.15) is 11.9 Å². The molecule has 2 saturated heterocycles. The lowest BCUT2D eigenvalue weighted by molar-refractivity contribution is 0.156. The molecule has 0 saturated carbocycles. The number of fused-ring (bicyclic) bond motifs is 1. The van der Waals surface area contributed by atoms with E-state index in [1.54, 1.807) is 0 Å². The van der Waals surface area contributed by atoms with Crippen molar-refractivity contribution in [3.8, 4) is 5.75 Å². The van der Waals surface area contributed by atoms with E-state index >= 15 is 0 Å². The van der Waals surface area contributed by atoms with Crippen LogP contribution in [0.5, 0.6) is 5.75 Å². The van der Waals surface area contributed by atoms with Crippen LogP contribution in [0.25, 0.3) is 0 Å². The zero-order valence-corrected chi connectivity index (χ0v) is 17.2. The van der Waals surface area contributed by atoms with Crippen LogP contribution in [0, 0.1) is 5.41 Å². The molecule has 0 amide bonds. The molecule has 3 aliphatic heterocycles. The van der Waals surface area contributed by atoms with E-state index in [1.165, 1.54) is 18.4 Å². The first-order valence-electron chi connectivity index (χ1n) is 9.14. The normalized spacial score (nSPS) is 28.0. The zero-order valence-electron chi connectivity index (χ0n) is 14.9. The second-order valence-electron chi connectivity index (χ2n) is 7.22. The highest BCUT2D eigenvalue weighted by atomic mass is 127. The van der Waals surface area contributed by atoms with Gasteiger partial charge >= 0.3 is 0 Å². The Morgan fingerprint density at radius 3 is 3.00 bits per heavy atom. The minimum Gasteiger partial charge on any atom is -0.488 e. The number of rotatable bonds is 3. The molecule has 1 spiro atoms. The number of guanidine groups is 1. The molecule has 138 valence electrons. The molecule has 0 radical (unpaired) electrons. The van der Waals surface area contributed by atoms with E-state index in [-0.39, 0.29) is 30.1 Å². The van der Waals surface area contributed by atoms with E-state index in [2.05, 4.69) is 35.3 Å². The first-order valence-corrected chi connectivity index (χ1v) is 9.14. The molecule has 2 atom stereocenters. The van der Waals surface area contributed by atoms with Crippen LogP contribution in [0.3, 0.4) is 0 Å². The average Bonchev–Trinajstić information content (AvgIpc) is 3.32. The molecule has 0 aromatic heterocycles. The highest BCUT2D eigenvalue weighted by molar-refractivity contribution is 14.0. The van der Waals surface area contributed by atoms with Crippen LogP contribution in [-0.2, 0) is 11.2 Å². The van der Waals surface area contributed by atoms with Crippen LogP contribution in [-0.4, -0.2) is 56.4 Å². The van der Waals surface area contributed by atoms with Crippen LogP contribution < -0.4 is 10.1 Å². The van der Waals surface area contributed by atoms with Crippen molar-refractivity contribution in [3.63, 3.8) is 0 Å². The highest BCUT2D eigenvalue weighted by Gasteiger charge is 2.42. The molecular weight excluding hydrogens is 429 g/mol. The fourth-order valence-corrected chi connectivity index (χ4v) is 4.06. The van der Waals surface area contributed by atoms with Crippen LogP contribution in [0.15, 0.2) is 29.3 Å². The lowest BCUT2D eigenvalue weighted by atomic mass is 9.87. The van der Waals surface area contributed by atoms with Gasteiger partial charge in [0, 0.05) is 38.1 Å². The molecule has 5 nitrogen and oxygen atoms in total. The van der Waals surface area contributed by atoms with Crippen LogP contribution in [0.1, 0.15) is 25.3 Å². The van der Waals surface area contributed by atoms with Gasteiger partial charge in [-0.25, -0.2) is 4.99 Å². The smallest absolute Gasteiger partial charge is 0.194 e. The summed E-state index contributed by atoms with van der Waals surface area (Å²) < 4.78 is 11.7. The Bertz CT molecular complexity index is 591. The topological polar surface area (TPSA) is 46.1 Å². The summed E-state index contributed by atoms with van der Waals surface area (Å²) in [6, 6.07) is 8.30. The molecule has 3 aliphatic rings. The van der Waals surface area contributed by atoms with Crippen molar-refractivity contribution in [2.24, 2.45) is 10.4 Å². The van der Waals surface area contributed by atoms with Crippen molar-refractivity contribution in [3.05, 3.63) is 29.8 Å². The zero-order chi connectivity index (χ0) is 16.4. The summed E-state index contributed by atoms with van der Waals surface area (Å²) in [5, 5.41) is 3.46. The van der Waals surface area contributed by atoms with E-state index in [0.29, 0.717) is 12.0 Å². The summed E-state index contributed by atoms with van der Waals surface area (Å²) in [6.45, 7) is 7.68. The van der Waals surface area contributed by atoms with E-state index in [9.17, 15) is 0 Å². The summed E-state index contributed by atoms with van der Waals surface area (Å²) in [5.74, 6) is 2.05. The maximum absolute atomic E-state index is 6.02. The van der Waals surface area contributed by atoms with E-state index in [0.717, 1.165) is 51.0 Å². The molecule has 1 aromatic carbocycles. The number of likely N-dealkylation sites (tertiary alicyclic amines) is 1. The van der Waals surface area contributed by atoms with E-state index in [4.69, 9.17) is 14.5 Å². The monoisotopic (exact) mass is 457 g/mol. The third kappa shape index (κ3) is 4.05. The van der Waals surface area contributed by atoms with Crippen molar-refractivity contribution in [2.75, 3.05) is 39.4 Å². The van der Waals surface area contributed by atoms with Crippen molar-refractivity contribution < 1.29 is 9.47 Å². The predicted molar refractivity (Wildman–Crippen MR) is 110 cm³/mol. The van der Waals surface area contributed by atoms with Gasteiger partial charge < -0.3 is 19.7 Å². The minimum atomic E-state index is 0. The number of hydrogen-bond acceptors (Lipinski definition) is 3. The lowest BCUT2D eigenvalue weighted by Gasteiger charge is -2.25. The maximum atomic E-state index is 6.02. The molecule has 0 bridgehead atoms. The Morgan fingerprint density at radius 2 is 2.24 bits per heavy atom. The molecular formula is C19H28IN3O2. The quantitative estimate of drug-likeness (QED) is 0.431. The first kappa shape index (κ1) is 18.8. The Kier molecular flexibility index (Phi) is 6.09. The number of nitrogens with zero attached hydrogens (tertiary/aromatic N) is 2. The largest absolute Gasteiger partial charge is 0.488 e. The number of para-hydroxylation sites is 1. The van der Waals surface area contributed by atoms with Gasteiger partial charge in [0.25, 0.3) is 0 Å². The predicted octanol–water partition coefficient (Wildman–Crippen LogP) is 2.69. The molecule has 25 heavy (non-hydrogen) atoms. The number of aliphatic imine (C=N–C) groups is 1. The third-order valence-corrected chi connectivity index (χ3v) is 5.42. The fraction of sp³-hybridized carbons (Fsp3) is 0.632. The number of nitrogens with one attached hydrogen (secondary N) is 1. The van der Waals surface area contributed by atoms with Gasteiger partial charge in [-0.05, 0) is 31.4 Å². The molecule has 4 rings (SSSR count). The van der Waals surface area contributed by atoms with Crippen LogP contribution in [0.4, 0.5) is 0 Å². The Hall–Kier alpha value is -1.02. The minimum absolute atomic E-state index is 0. The summed E-state index contributed by atoms with van der Waals surface area (Å²) in [7, 11) is 0. The fourth-order valence-electron chi connectivity index (χ4n) is 4.06. The van der Waals surface area contributed by atoms with Crippen LogP contribution in [0.2, 0.25) is 0 Å². The SMILES string of the molecule is CCNC(=NCC1Cc2ccccc2O1)N1CCC2(CCOC2)C1.I. The molecule has 2 unspecified atom stereocenters. The third-order valence-electron chi connectivity index (χ3n) is 5.42. The second-order valence-corrected chi connectivity index (χ2v) is 7.22.